The van der Waals surface area contributed by atoms with Crippen molar-refractivity contribution in [1.29, 1.82) is 0 Å². The van der Waals surface area contributed by atoms with Gasteiger partial charge in [-0.1, -0.05) is 38.3 Å². The average Bonchev–Trinajstić information content (AvgIpc) is 2.63. The SMILES string of the molecule is CCCCCCOc1ccc(C(=O)NN=Cc2ccccc2O)cc1. The summed E-state index contributed by atoms with van der Waals surface area (Å²) in [5.41, 5.74) is 3.47. The number of hydrogen-bond acceptors (Lipinski definition) is 4. The predicted molar refractivity (Wildman–Crippen MR) is 99.2 cm³/mol. The van der Waals surface area contributed by atoms with Crippen molar-refractivity contribution in [1.82, 2.24) is 5.43 Å². The van der Waals surface area contributed by atoms with E-state index in [0.29, 0.717) is 17.7 Å². The quantitative estimate of drug-likeness (QED) is 0.410. The minimum Gasteiger partial charge on any atom is -0.507 e. The normalized spacial score (nSPS) is 10.8. The third-order valence-electron chi connectivity index (χ3n) is 3.69. The van der Waals surface area contributed by atoms with Crippen molar-refractivity contribution in [3.05, 3.63) is 59.7 Å². The minimum atomic E-state index is -0.318. The summed E-state index contributed by atoms with van der Waals surface area (Å²) in [4.78, 5) is 12.0. The Hall–Kier alpha value is -2.82. The van der Waals surface area contributed by atoms with Crippen molar-refractivity contribution in [3.63, 3.8) is 0 Å². The van der Waals surface area contributed by atoms with Crippen LogP contribution in [0.1, 0.15) is 48.5 Å². The molecule has 0 aliphatic rings. The smallest absolute Gasteiger partial charge is 0.271 e. The molecule has 0 fully saturated rings. The molecule has 2 N–H and O–H groups in total. The lowest BCUT2D eigenvalue weighted by molar-refractivity contribution is 0.0955. The number of hydrogen-bond donors (Lipinski definition) is 2. The van der Waals surface area contributed by atoms with Gasteiger partial charge in [0.15, 0.2) is 0 Å². The van der Waals surface area contributed by atoms with Crippen molar-refractivity contribution in [3.8, 4) is 11.5 Å². The molecule has 132 valence electrons. The van der Waals surface area contributed by atoms with Gasteiger partial charge in [0.05, 0.1) is 12.8 Å². The summed E-state index contributed by atoms with van der Waals surface area (Å²) >= 11 is 0. The summed E-state index contributed by atoms with van der Waals surface area (Å²) in [6.07, 6.45) is 6.05. The number of phenolic OH excluding ortho intramolecular Hbond substituents is 1. The molecule has 25 heavy (non-hydrogen) atoms. The Morgan fingerprint density at radius 1 is 1.12 bits per heavy atom. The van der Waals surface area contributed by atoms with Gasteiger partial charge in [0, 0.05) is 11.1 Å². The molecule has 1 amide bonds. The summed E-state index contributed by atoms with van der Waals surface area (Å²) in [6.45, 7) is 2.87. The third kappa shape index (κ3) is 6.30. The number of nitrogens with one attached hydrogen (secondary N) is 1. The van der Waals surface area contributed by atoms with E-state index in [-0.39, 0.29) is 11.7 Å². The van der Waals surface area contributed by atoms with Crippen molar-refractivity contribution >= 4 is 12.1 Å². The largest absolute Gasteiger partial charge is 0.507 e. The van der Waals surface area contributed by atoms with Gasteiger partial charge in [0.1, 0.15) is 11.5 Å². The Labute approximate surface area is 148 Å². The maximum atomic E-state index is 12.0. The molecule has 0 aromatic heterocycles. The standard InChI is InChI=1S/C20H24N2O3/c1-2-3-4-7-14-25-18-12-10-16(11-13-18)20(24)22-21-15-17-8-5-6-9-19(17)23/h5-6,8-13,15,23H,2-4,7,14H2,1H3,(H,22,24). The Morgan fingerprint density at radius 2 is 1.88 bits per heavy atom. The van der Waals surface area contributed by atoms with Crippen molar-refractivity contribution in [2.45, 2.75) is 32.6 Å². The lowest BCUT2D eigenvalue weighted by atomic mass is 10.2. The van der Waals surface area contributed by atoms with E-state index in [1.807, 2.05) is 0 Å². The summed E-state index contributed by atoms with van der Waals surface area (Å²) in [6, 6.07) is 13.7. The molecule has 0 atom stereocenters. The molecule has 0 aliphatic carbocycles. The molecular weight excluding hydrogens is 316 g/mol. The maximum Gasteiger partial charge on any atom is 0.271 e. The number of nitrogens with zero attached hydrogens (tertiary/aromatic N) is 1. The molecule has 0 radical (unpaired) electrons. The molecular formula is C20H24N2O3. The van der Waals surface area contributed by atoms with Crippen LogP contribution in [0, 0.1) is 0 Å². The molecule has 0 aliphatic heterocycles. The molecule has 2 rings (SSSR count). The molecule has 2 aromatic rings. The first-order valence-electron chi connectivity index (χ1n) is 8.55. The monoisotopic (exact) mass is 340 g/mol. The first-order valence-corrected chi connectivity index (χ1v) is 8.55. The highest BCUT2D eigenvalue weighted by Crippen LogP contribution is 2.14. The summed E-state index contributed by atoms with van der Waals surface area (Å²) in [5.74, 6) is 0.549. The molecule has 0 saturated carbocycles. The van der Waals surface area contributed by atoms with Crippen LogP contribution in [0.4, 0.5) is 0 Å². The van der Waals surface area contributed by atoms with Gasteiger partial charge in [0.2, 0.25) is 0 Å². The van der Waals surface area contributed by atoms with Crippen LogP contribution >= 0.6 is 0 Å². The van der Waals surface area contributed by atoms with Gasteiger partial charge in [-0.05, 0) is 42.8 Å². The molecule has 0 unspecified atom stereocenters. The Balaban J connectivity index is 1.81. The molecule has 0 spiro atoms. The van der Waals surface area contributed by atoms with Crippen LogP contribution in [0.15, 0.2) is 53.6 Å². The van der Waals surface area contributed by atoms with E-state index >= 15 is 0 Å². The number of para-hydroxylation sites is 1. The fourth-order valence-corrected chi connectivity index (χ4v) is 2.24. The van der Waals surface area contributed by atoms with Gasteiger partial charge in [-0.3, -0.25) is 4.79 Å². The van der Waals surface area contributed by atoms with Gasteiger partial charge >= 0.3 is 0 Å². The fourth-order valence-electron chi connectivity index (χ4n) is 2.24. The fraction of sp³-hybridized carbons (Fsp3) is 0.300. The Bertz CT molecular complexity index is 696. The first-order chi connectivity index (χ1) is 12.2. The van der Waals surface area contributed by atoms with Crippen LogP contribution in [0.3, 0.4) is 0 Å². The first kappa shape index (κ1) is 18.5. The number of unbranched alkanes of at least 4 members (excludes halogenated alkanes) is 3. The minimum absolute atomic E-state index is 0.112. The Kier molecular flexibility index (Phi) is 7.50. The van der Waals surface area contributed by atoms with Crippen LogP contribution in [0.25, 0.3) is 0 Å². The van der Waals surface area contributed by atoms with Gasteiger partial charge in [-0.2, -0.15) is 5.10 Å². The molecule has 0 saturated heterocycles. The van der Waals surface area contributed by atoms with Crippen LogP contribution < -0.4 is 10.2 Å². The maximum absolute atomic E-state index is 12.0. The van der Waals surface area contributed by atoms with E-state index < -0.39 is 0 Å². The van der Waals surface area contributed by atoms with E-state index in [4.69, 9.17) is 4.74 Å². The summed E-state index contributed by atoms with van der Waals surface area (Å²) in [5, 5.41) is 13.5. The Morgan fingerprint density at radius 3 is 2.60 bits per heavy atom. The highest BCUT2D eigenvalue weighted by molar-refractivity contribution is 5.95. The molecule has 5 nitrogen and oxygen atoms in total. The van der Waals surface area contributed by atoms with E-state index in [9.17, 15) is 9.90 Å². The zero-order valence-corrected chi connectivity index (χ0v) is 14.4. The van der Waals surface area contributed by atoms with Crippen molar-refractivity contribution in [2.75, 3.05) is 6.61 Å². The van der Waals surface area contributed by atoms with Gasteiger partial charge < -0.3 is 9.84 Å². The highest BCUT2D eigenvalue weighted by Gasteiger charge is 2.04. The zero-order chi connectivity index (χ0) is 17.9. The number of benzene rings is 2. The van der Waals surface area contributed by atoms with Gasteiger partial charge in [0.25, 0.3) is 5.91 Å². The number of phenols is 1. The topological polar surface area (TPSA) is 70.9 Å². The number of rotatable bonds is 9. The van der Waals surface area contributed by atoms with Gasteiger partial charge in [-0.25, -0.2) is 5.43 Å². The third-order valence-corrected chi connectivity index (χ3v) is 3.69. The van der Waals surface area contributed by atoms with E-state index in [0.717, 1.165) is 12.2 Å². The highest BCUT2D eigenvalue weighted by atomic mass is 16.5. The van der Waals surface area contributed by atoms with E-state index in [1.165, 1.54) is 25.5 Å². The van der Waals surface area contributed by atoms with E-state index in [1.54, 1.807) is 48.5 Å². The second-order valence-electron chi connectivity index (χ2n) is 5.69. The molecule has 2 aromatic carbocycles. The van der Waals surface area contributed by atoms with Crippen LogP contribution in [0.2, 0.25) is 0 Å². The lowest BCUT2D eigenvalue weighted by Gasteiger charge is -2.06. The molecule has 0 bridgehead atoms. The second-order valence-corrected chi connectivity index (χ2v) is 5.69. The number of ether oxygens (including phenoxy) is 1. The number of aromatic hydroxyl groups is 1. The van der Waals surface area contributed by atoms with Crippen molar-refractivity contribution in [2.24, 2.45) is 5.10 Å². The summed E-state index contributed by atoms with van der Waals surface area (Å²) in [7, 11) is 0. The van der Waals surface area contributed by atoms with Crippen molar-refractivity contribution < 1.29 is 14.6 Å². The number of amides is 1. The number of carbonyl (C=O) groups excluding carboxylic acids is 1. The van der Waals surface area contributed by atoms with Gasteiger partial charge in [-0.15, -0.1) is 0 Å². The zero-order valence-electron chi connectivity index (χ0n) is 14.4. The molecule has 0 heterocycles. The number of hydrazone groups is 1. The van der Waals surface area contributed by atoms with Crippen LogP contribution in [-0.4, -0.2) is 23.8 Å². The van der Waals surface area contributed by atoms with E-state index in [2.05, 4.69) is 17.5 Å². The lowest BCUT2D eigenvalue weighted by Crippen LogP contribution is -2.17. The average molecular weight is 340 g/mol. The van der Waals surface area contributed by atoms with Crippen LogP contribution in [-0.2, 0) is 0 Å². The number of carbonyl (C=O) groups is 1. The molecule has 5 heteroatoms. The second kappa shape index (κ2) is 10.1. The predicted octanol–water partition coefficient (Wildman–Crippen LogP) is 4.12. The van der Waals surface area contributed by atoms with Crippen LogP contribution in [0.5, 0.6) is 11.5 Å². The summed E-state index contributed by atoms with van der Waals surface area (Å²) < 4.78 is 5.65.